The lowest BCUT2D eigenvalue weighted by Gasteiger charge is -2.38. The molecule has 16 heteroatoms. The Morgan fingerprint density at radius 3 is 1.97 bits per heavy atom. The smallest absolute Gasteiger partial charge is 0.246 e. The maximum Gasteiger partial charge on any atom is 0.246 e. The molecule has 5 aromatic rings. The fraction of sp³-hybridized carbons (Fsp3) is 0.450. The van der Waals surface area contributed by atoms with Crippen LogP contribution in [0.1, 0.15) is 90.8 Å². The van der Waals surface area contributed by atoms with Gasteiger partial charge in [-0.25, -0.2) is 0 Å². The third-order valence-corrected chi connectivity index (χ3v) is 15.7. The quantitative estimate of drug-likeness (QED) is 0.0965. The van der Waals surface area contributed by atoms with Crippen molar-refractivity contribution < 1.29 is 33.6 Å². The number of para-hydroxylation sites is 1. The summed E-state index contributed by atoms with van der Waals surface area (Å²) in [6, 6.07) is 16.8. The largest absolute Gasteiger partial charge is 0.343 e. The Labute approximate surface area is 451 Å². The molecule has 0 radical (unpaired) electrons. The normalized spacial score (nSPS) is 23.7. The number of thiophene rings is 1. The number of nitrogens with one attached hydrogen (secondary N) is 4. The molecule has 1 fully saturated rings. The molecule has 3 aromatic carbocycles. The van der Waals surface area contributed by atoms with Crippen LogP contribution in [-0.2, 0) is 58.4 Å². The van der Waals surface area contributed by atoms with Gasteiger partial charge in [0.25, 0.3) is 0 Å². The zero-order valence-corrected chi connectivity index (χ0v) is 46.3. The zero-order chi connectivity index (χ0) is 55.0. The third kappa shape index (κ3) is 13.3. The molecule has 0 saturated carbocycles. The van der Waals surface area contributed by atoms with Gasteiger partial charge in [0.1, 0.15) is 42.3 Å². The molecule has 7 amide bonds. The summed E-state index contributed by atoms with van der Waals surface area (Å²) in [7, 11) is 3.05. The van der Waals surface area contributed by atoms with E-state index in [9.17, 15) is 9.59 Å². The molecule has 15 nitrogen and oxygen atoms in total. The summed E-state index contributed by atoms with van der Waals surface area (Å²) >= 11 is 1.58. The monoisotopic (exact) mass is 1050 g/mol. The molecule has 1 unspecified atom stereocenters. The second-order valence-corrected chi connectivity index (χ2v) is 22.9. The minimum Gasteiger partial charge on any atom is -0.343 e. The van der Waals surface area contributed by atoms with Crippen LogP contribution in [0.4, 0.5) is 0 Å². The number of allylic oxidation sites excluding steroid dienone is 1. The van der Waals surface area contributed by atoms with E-state index in [0.29, 0.717) is 6.42 Å². The van der Waals surface area contributed by atoms with Crippen molar-refractivity contribution in [2.45, 2.75) is 141 Å². The first-order chi connectivity index (χ1) is 36.2. The molecule has 7 rings (SSSR count). The van der Waals surface area contributed by atoms with Crippen LogP contribution in [0, 0.1) is 11.8 Å². The van der Waals surface area contributed by atoms with Crippen molar-refractivity contribution in [3.05, 3.63) is 132 Å². The summed E-state index contributed by atoms with van der Waals surface area (Å²) in [5.41, 5.74) is 2.60. The standard InChI is InChI=1S/C60H76N8O7S/c1-11-60(7,8)68-36-43(44-22-17-18-23-48(44)68)35-47-58(74)66(10)50(30-37(2)3)55(71)62-46(34-41-25-26-52-42(32-41)27-29-76-52)53(69)61-39(6)57(73)65(9)49-24-16-13-19-28-67(59(49)75)51(31-38(4)5)56(72)63-45(54(70)64-47)33-40-20-14-12-15-21-40/h11-18,20-23,25-27,29,32,36-39,45-47,49-51H,1,19,24,28,30-31,33-35H2,2-10H3,(H,61,69)(H,62,71)(H,63,72)(H,64,70)/b16-13-/t39-,45-,46?,47-,49-,50-,51-/m0/s1. The van der Waals surface area contributed by atoms with Crippen molar-refractivity contribution in [2.24, 2.45) is 11.8 Å². The van der Waals surface area contributed by atoms with Crippen molar-refractivity contribution in [1.82, 2.24) is 40.5 Å². The van der Waals surface area contributed by atoms with E-state index in [1.54, 1.807) is 18.3 Å². The van der Waals surface area contributed by atoms with Gasteiger partial charge in [0.15, 0.2) is 0 Å². The van der Waals surface area contributed by atoms with Gasteiger partial charge in [-0.05, 0) is 104 Å². The molecular weight excluding hydrogens is 977 g/mol. The van der Waals surface area contributed by atoms with E-state index in [0.717, 1.165) is 37.7 Å². The van der Waals surface area contributed by atoms with Gasteiger partial charge < -0.3 is 40.5 Å². The average Bonchev–Trinajstić information content (AvgIpc) is 4.02. The lowest BCUT2D eigenvalue weighted by molar-refractivity contribution is -0.150. The first-order valence-electron chi connectivity index (χ1n) is 26.6. The summed E-state index contributed by atoms with van der Waals surface area (Å²) in [4.78, 5) is 109. The Balaban J connectivity index is 1.37. The molecule has 4 heterocycles. The van der Waals surface area contributed by atoms with Crippen molar-refractivity contribution in [1.29, 1.82) is 0 Å². The maximum absolute atomic E-state index is 15.6. The van der Waals surface area contributed by atoms with Crippen LogP contribution in [0.25, 0.3) is 21.0 Å². The van der Waals surface area contributed by atoms with Crippen molar-refractivity contribution >= 4 is 73.7 Å². The molecule has 7 atom stereocenters. The highest BCUT2D eigenvalue weighted by Crippen LogP contribution is 2.30. The molecule has 404 valence electrons. The van der Waals surface area contributed by atoms with E-state index >= 15 is 24.0 Å². The number of benzene rings is 3. The third-order valence-electron chi connectivity index (χ3n) is 14.8. The predicted octanol–water partition coefficient (Wildman–Crippen LogP) is 7.07. The van der Waals surface area contributed by atoms with E-state index < -0.39 is 89.2 Å². The van der Waals surface area contributed by atoms with Crippen LogP contribution in [0.2, 0.25) is 0 Å². The Hall–Kier alpha value is -7.07. The first-order valence-corrected chi connectivity index (χ1v) is 27.5. The topological polar surface area (TPSA) is 182 Å². The lowest BCUT2D eigenvalue weighted by Crippen LogP contribution is -2.61. The van der Waals surface area contributed by atoms with Gasteiger partial charge in [-0.15, -0.1) is 17.9 Å². The maximum atomic E-state index is 15.6. The SMILES string of the molecule is C=CC(C)(C)n1cc(C[C@@H]2NC(=O)[C@H](Cc3ccccc3)NC(=O)[C@H](CC(C)C)N3CC/C=C\C[C@@H](C3=O)N(C)C(=O)[C@H](C)NC(=O)C(Cc3ccc4sccc4c3)NC(=O)[C@H](CC(C)C)N(C)C2=O)c2ccccc21. The summed E-state index contributed by atoms with van der Waals surface area (Å²) in [6.07, 6.45) is 8.71. The van der Waals surface area contributed by atoms with Crippen LogP contribution in [0.15, 0.2) is 115 Å². The van der Waals surface area contributed by atoms with Crippen LogP contribution >= 0.6 is 11.3 Å². The van der Waals surface area contributed by atoms with Crippen molar-refractivity contribution in [3.8, 4) is 0 Å². The van der Waals surface area contributed by atoms with Crippen LogP contribution in [0.5, 0.6) is 0 Å². The van der Waals surface area contributed by atoms with E-state index in [1.807, 2.05) is 150 Å². The predicted molar refractivity (Wildman–Crippen MR) is 300 cm³/mol. The summed E-state index contributed by atoms with van der Waals surface area (Å²) in [5, 5.41) is 15.8. The van der Waals surface area contributed by atoms with Crippen LogP contribution in [0.3, 0.4) is 0 Å². The van der Waals surface area contributed by atoms with Gasteiger partial charge in [-0.3, -0.25) is 33.6 Å². The highest BCUT2D eigenvalue weighted by molar-refractivity contribution is 7.17. The van der Waals surface area contributed by atoms with Crippen LogP contribution in [-0.4, -0.2) is 124 Å². The number of hydrogen-bond donors (Lipinski definition) is 4. The minimum absolute atomic E-state index is 0.000354. The van der Waals surface area contributed by atoms with E-state index in [-0.39, 0.29) is 56.9 Å². The van der Waals surface area contributed by atoms with Gasteiger partial charge in [-0.1, -0.05) is 107 Å². The van der Waals surface area contributed by atoms with E-state index in [4.69, 9.17) is 0 Å². The number of hydrogen-bond acceptors (Lipinski definition) is 8. The zero-order valence-electron chi connectivity index (χ0n) is 45.5. The molecule has 1 saturated heterocycles. The number of amides is 7. The summed E-state index contributed by atoms with van der Waals surface area (Å²) in [5.74, 6) is -4.20. The second kappa shape index (κ2) is 24.7. The van der Waals surface area contributed by atoms with Gasteiger partial charge in [0.2, 0.25) is 41.4 Å². The average molecular weight is 1050 g/mol. The number of aromatic nitrogens is 1. The summed E-state index contributed by atoms with van der Waals surface area (Å²) in [6.45, 7) is 17.6. The molecule has 0 aliphatic carbocycles. The number of carbonyl (C=O) groups is 7. The Kier molecular flexibility index (Phi) is 18.4. The second-order valence-electron chi connectivity index (χ2n) is 21.9. The highest BCUT2D eigenvalue weighted by Gasteiger charge is 2.41. The highest BCUT2D eigenvalue weighted by atomic mass is 32.1. The van der Waals surface area contributed by atoms with Gasteiger partial charge in [-0.2, -0.15) is 0 Å². The molecule has 2 aromatic heterocycles. The molecule has 4 N–H and O–H groups in total. The molecule has 2 aliphatic heterocycles. The van der Waals surface area contributed by atoms with Gasteiger partial charge >= 0.3 is 0 Å². The fourth-order valence-corrected chi connectivity index (χ4v) is 11.2. The number of rotatable bonds is 12. The van der Waals surface area contributed by atoms with Crippen molar-refractivity contribution in [2.75, 3.05) is 20.6 Å². The molecule has 0 spiro atoms. The molecule has 2 bridgehead atoms. The Bertz CT molecular complexity index is 2960. The fourth-order valence-electron chi connectivity index (χ4n) is 10.4. The Morgan fingerprint density at radius 2 is 1.29 bits per heavy atom. The first kappa shape index (κ1) is 56.7. The molecule has 76 heavy (non-hydrogen) atoms. The van der Waals surface area contributed by atoms with Gasteiger partial charge in [0, 0.05) is 61.7 Å². The lowest BCUT2D eigenvalue weighted by atomic mass is 9.97. The number of fused-ring (bicyclic) bond motifs is 4. The minimum atomic E-state index is -1.27. The van der Waals surface area contributed by atoms with Gasteiger partial charge in [0.05, 0.1) is 5.54 Å². The Morgan fingerprint density at radius 1 is 0.671 bits per heavy atom. The van der Waals surface area contributed by atoms with E-state index in [1.165, 1.54) is 28.8 Å². The molecule has 2 aliphatic rings. The number of nitrogens with zero attached hydrogens (tertiary/aromatic N) is 4. The van der Waals surface area contributed by atoms with Crippen LogP contribution < -0.4 is 21.3 Å². The van der Waals surface area contributed by atoms with E-state index in [2.05, 4.69) is 32.4 Å². The number of likely N-dealkylation sites (N-methyl/N-ethyl adjacent to an activating group) is 2. The van der Waals surface area contributed by atoms with Crippen molar-refractivity contribution in [3.63, 3.8) is 0 Å². The summed E-state index contributed by atoms with van der Waals surface area (Å²) < 4.78 is 3.13. The number of carbonyl (C=O) groups excluding carboxylic acids is 7. The molecular formula is C60H76N8O7S.